The van der Waals surface area contributed by atoms with E-state index in [4.69, 9.17) is 11.5 Å². The Labute approximate surface area is 103 Å². The van der Waals surface area contributed by atoms with E-state index in [9.17, 15) is 13.2 Å². The molecule has 0 saturated heterocycles. The molecular weight excluding hydrogens is 241 g/mol. The van der Waals surface area contributed by atoms with Crippen LogP contribution in [0.2, 0.25) is 0 Å². The van der Waals surface area contributed by atoms with Crippen molar-refractivity contribution in [3.8, 4) is 0 Å². The van der Waals surface area contributed by atoms with Gasteiger partial charge in [-0.05, 0) is 30.2 Å². The summed E-state index contributed by atoms with van der Waals surface area (Å²) in [4.78, 5) is 0. The van der Waals surface area contributed by atoms with E-state index >= 15 is 0 Å². The molecule has 0 aromatic heterocycles. The Hall–Kier alpha value is -1.75. The minimum absolute atomic E-state index is 0.473. The van der Waals surface area contributed by atoms with Crippen LogP contribution in [0.5, 0.6) is 0 Å². The molecule has 0 radical (unpaired) electrons. The molecule has 0 saturated carbocycles. The summed E-state index contributed by atoms with van der Waals surface area (Å²) in [6.07, 6.45) is 1.29. The third kappa shape index (κ3) is 2.41. The third-order valence-corrected chi connectivity index (χ3v) is 3.00. The molecule has 1 aromatic rings. The molecule has 2 rings (SSSR count). The Morgan fingerprint density at radius 1 is 1.11 bits per heavy atom. The molecule has 1 aliphatic rings. The number of halogens is 3. The van der Waals surface area contributed by atoms with Gasteiger partial charge in [0.15, 0.2) is 0 Å². The third-order valence-electron chi connectivity index (χ3n) is 3.00. The van der Waals surface area contributed by atoms with Crippen molar-refractivity contribution in [2.24, 2.45) is 11.5 Å². The van der Waals surface area contributed by atoms with Crippen LogP contribution in [0, 0.1) is 0 Å². The summed E-state index contributed by atoms with van der Waals surface area (Å²) >= 11 is 0. The van der Waals surface area contributed by atoms with E-state index in [1.54, 1.807) is 18.2 Å². The second-order valence-corrected chi connectivity index (χ2v) is 4.36. The van der Waals surface area contributed by atoms with Crippen molar-refractivity contribution in [1.82, 2.24) is 0 Å². The summed E-state index contributed by atoms with van der Waals surface area (Å²) in [5, 5.41) is 0. The molecule has 0 aliphatic heterocycles. The van der Waals surface area contributed by atoms with Crippen LogP contribution < -0.4 is 11.5 Å². The Bertz CT molecular complexity index is 500. The van der Waals surface area contributed by atoms with E-state index in [0.717, 1.165) is 12.1 Å². The molecule has 2 nitrogen and oxygen atoms in total. The molecule has 1 unspecified atom stereocenters. The molecule has 1 aliphatic carbocycles. The maximum atomic E-state index is 12.4. The van der Waals surface area contributed by atoms with Crippen LogP contribution in [-0.2, 0) is 11.7 Å². The highest BCUT2D eigenvalue weighted by Crippen LogP contribution is 2.32. The Balaban J connectivity index is 2.28. The van der Waals surface area contributed by atoms with Crippen molar-refractivity contribution in [2.45, 2.75) is 18.1 Å². The molecule has 0 heterocycles. The molecule has 0 amide bonds. The molecule has 1 aromatic carbocycles. The van der Waals surface area contributed by atoms with E-state index in [-0.39, 0.29) is 0 Å². The fraction of sp³-hybridized carbons (Fsp3) is 0.231. The molecule has 1 atom stereocenters. The van der Waals surface area contributed by atoms with E-state index < -0.39 is 17.3 Å². The molecule has 0 fully saturated rings. The second-order valence-electron chi connectivity index (χ2n) is 4.36. The summed E-state index contributed by atoms with van der Waals surface area (Å²) < 4.78 is 37.3. The number of benzene rings is 1. The minimum atomic E-state index is -4.33. The predicted molar refractivity (Wildman–Crippen MR) is 63.3 cm³/mol. The molecular formula is C13H13F3N2. The van der Waals surface area contributed by atoms with Crippen molar-refractivity contribution >= 4 is 0 Å². The van der Waals surface area contributed by atoms with Gasteiger partial charge in [-0.3, -0.25) is 0 Å². The highest BCUT2D eigenvalue weighted by atomic mass is 19.4. The lowest BCUT2D eigenvalue weighted by Crippen LogP contribution is -2.35. The molecule has 96 valence electrons. The number of allylic oxidation sites excluding steroid dienone is 1. The average molecular weight is 254 g/mol. The first-order valence-corrected chi connectivity index (χ1v) is 5.43. The fourth-order valence-corrected chi connectivity index (χ4v) is 1.85. The first-order valence-electron chi connectivity index (χ1n) is 5.43. The van der Waals surface area contributed by atoms with Crippen LogP contribution in [0.3, 0.4) is 0 Å². The quantitative estimate of drug-likeness (QED) is 0.809. The molecule has 4 N–H and O–H groups in total. The van der Waals surface area contributed by atoms with Gasteiger partial charge in [-0.1, -0.05) is 24.3 Å². The number of rotatable bonds is 1. The zero-order valence-corrected chi connectivity index (χ0v) is 9.54. The van der Waals surface area contributed by atoms with Gasteiger partial charge in [0.05, 0.1) is 11.1 Å². The Morgan fingerprint density at radius 2 is 1.72 bits per heavy atom. The van der Waals surface area contributed by atoms with Gasteiger partial charge in [0.25, 0.3) is 0 Å². The maximum Gasteiger partial charge on any atom is 0.416 e. The molecule has 0 spiro atoms. The highest BCUT2D eigenvalue weighted by Gasteiger charge is 2.31. The SMILES string of the molecule is NC1=CCC(N)(c2ccc(C(F)(F)F)cc2)C=C1. The van der Waals surface area contributed by atoms with E-state index in [1.807, 2.05) is 0 Å². The summed E-state index contributed by atoms with van der Waals surface area (Å²) in [6, 6.07) is 4.89. The zero-order chi connectivity index (χ0) is 13.4. The van der Waals surface area contributed by atoms with Crippen molar-refractivity contribution in [3.05, 3.63) is 59.3 Å². The van der Waals surface area contributed by atoms with Crippen molar-refractivity contribution < 1.29 is 13.2 Å². The molecule has 18 heavy (non-hydrogen) atoms. The zero-order valence-electron chi connectivity index (χ0n) is 9.54. The highest BCUT2D eigenvalue weighted by molar-refractivity contribution is 5.38. The lowest BCUT2D eigenvalue weighted by Gasteiger charge is -2.28. The second kappa shape index (κ2) is 4.17. The number of alkyl halides is 3. The van der Waals surface area contributed by atoms with Gasteiger partial charge in [-0.25, -0.2) is 0 Å². The Morgan fingerprint density at radius 3 is 2.17 bits per heavy atom. The number of hydrogen-bond donors (Lipinski definition) is 2. The van der Waals surface area contributed by atoms with Crippen LogP contribution in [0.1, 0.15) is 17.5 Å². The van der Waals surface area contributed by atoms with E-state index in [0.29, 0.717) is 17.7 Å². The summed E-state index contributed by atoms with van der Waals surface area (Å²) in [7, 11) is 0. The maximum absolute atomic E-state index is 12.4. The first kappa shape index (κ1) is 12.7. The van der Waals surface area contributed by atoms with Crippen molar-refractivity contribution in [1.29, 1.82) is 0 Å². The van der Waals surface area contributed by atoms with Crippen molar-refractivity contribution in [3.63, 3.8) is 0 Å². The minimum Gasteiger partial charge on any atom is -0.399 e. The van der Waals surface area contributed by atoms with Gasteiger partial charge >= 0.3 is 6.18 Å². The fourth-order valence-electron chi connectivity index (χ4n) is 1.85. The number of nitrogens with two attached hydrogens (primary N) is 2. The summed E-state index contributed by atoms with van der Waals surface area (Å²) in [5.41, 5.74) is 11.5. The largest absolute Gasteiger partial charge is 0.416 e. The summed E-state index contributed by atoms with van der Waals surface area (Å²) in [5.74, 6) is 0. The lowest BCUT2D eigenvalue weighted by molar-refractivity contribution is -0.137. The van der Waals surface area contributed by atoms with Crippen LogP contribution in [0.15, 0.2) is 48.2 Å². The lowest BCUT2D eigenvalue weighted by atomic mass is 9.84. The molecule has 5 heteroatoms. The monoisotopic (exact) mass is 254 g/mol. The van der Waals surface area contributed by atoms with E-state index in [2.05, 4.69) is 0 Å². The smallest absolute Gasteiger partial charge is 0.399 e. The van der Waals surface area contributed by atoms with Crippen molar-refractivity contribution in [2.75, 3.05) is 0 Å². The average Bonchev–Trinajstić information content (AvgIpc) is 2.32. The van der Waals surface area contributed by atoms with Crippen LogP contribution in [0.4, 0.5) is 13.2 Å². The Kier molecular flexibility index (Phi) is 2.94. The normalized spacial score (nSPS) is 23.9. The summed E-state index contributed by atoms with van der Waals surface area (Å²) in [6.45, 7) is 0. The van der Waals surface area contributed by atoms with Gasteiger partial charge in [-0.15, -0.1) is 0 Å². The van der Waals surface area contributed by atoms with Gasteiger partial charge in [-0.2, -0.15) is 13.2 Å². The molecule has 0 bridgehead atoms. The first-order chi connectivity index (χ1) is 8.31. The van der Waals surface area contributed by atoms with Gasteiger partial charge in [0.1, 0.15) is 0 Å². The van der Waals surface area contributed by atoms with Gasteiger partial charge in [0, 0.05) is 5.70 Å². The topological polar surface area (TPSA) is 52.0 Å². The van der Waals surface area contributed by atoms with Crippen LogP contribution in [-0.4, -0.2) is 0 Å². The van der Waals surface area contributed by atoms with E-state index in [1.165, 1.54) is 12.1 Å². The van der Waals surface area contributed by atoms with Gasteiger partial charge < -0.3 is 11.5 Å². The predicted octanol–water partition coefficient (Wildman–Crippen LogP) is 2.66. The van der Waals surface area contributed by atoms with Gasteiger partial charge in [0.2, 0.25) is 0 Å². The standard InChI is InChI=1S/C13H13F3N2/c14-13(15,16)10-3-1-9(2-4-10)12(18)7-5-11(17)6-8-12/h1-7H,8,17-18H2. The van der Waals surface area contributed by atoms with Crippen LogP contribution in [0.25, 0.3) is 0 Å². The number of hydrogen-bond acceptors (Lipinski definition) is 2. The van der Waals surface area contributed by atoms with Crippen LogP contribution >= 0.6 is 0 Å².